The van der Waals surface area contributed by atoms with Crippen molar-refractivity contribution in [1.29, 1.82) is 0 Å². The molecule has 0 unspecified atom stereocenters. The maximum atomic E-state index is 13.6. The lowest BCUT2D eigenvalue weighted by Gasteiger charge is -2.35. The number of hydrogen-bond acceptors (Lipinski definition) is 3. The molecule has 1 aromatic carbocycles. The molecular formula is C20H29N3O2. The van der Waals surface area contributed by atoms with Crippen molar-refractivity contribution in [2.24, 2.45) is 5.92 Å². The van der Waals surface area contributed by atoms with Gasteiger partial charge in [-0.3, -0.25) is 9.59 Å². The Labute approximate surface area is 150 Å². The second-order valence-corrected chi connectivity index (χ2v) is 7.48. The van der Waals surface area contributed by atoms with Crippen LogP contribution in [0.4, 0.5) is 0 Å². The lowest BCUT2D eigenvalue weighted by atomic mass is 9.77. The summed E-state index contributed by atoms with van der Waals surface area (Å²) in [5.74, 6) is 0.0582. The molecule has 0 radical (unpaired) electrons. The molecule has 25 heavy (non-hydrogen) atoms. The number of rotatable bonds is 3. The maximum absolute atomic E-state index is 13.6. The molecule has 1 aromatic rings. The van der Waals surface area contributed by atoms with Crippen molar-refractivity contribution in [2.75, 3.05) is 40.3 Å². The number of hydrogen-bond donors (Lipinski definition) is 1. The van der Waals surface area contributed by atoms with Gasteiger partial charge in [-0.1, -0.05) is 43.2 Å². The van der Waals surface area contributed by atoms with Gasteiger partial charge < -0.3 is 15.1 Å². The SMILES string of the molecule is CNC(=O)[C@@H]1CN(C)CCN(C(=O)C2(c3ccccc3)CCCC2)C1. The molecular weight excluding hydrogens is 314 g/mol. The summed E-state index contributed by atoms with van der Waals surface area (Å²) < 4.78 is 0. The van der Waals surface area contributed by atoms with Crippen LogP contribution in [0.25, 0.3) is 0 Å². The zero-order chi connectivity index (χ0) is 17.9. The van der Waals surface area contributed by atoms with Crippen molar-refractivity contribution in [1.82, 2.24) is 15.1 Å². The molecule has 5 nitrogen and oxygen atoms in total. The Hall–Kier alpha value is -1.88. The van der Waals surface area contributed by atoms with E-state index in [-0.39, 0.29) is 17.7 Å². The van der Waals surface area contributed by atoms with E-state index in [1.807, 2.05) is 30.1 Å². The van der Waals surface area contributed by atoms with E-state index in [4.69, 9.17) is 0 Å². The van der Waals surface area contributed by atoms with E-state index in [1.165, 1.54) is 0 Å². The summed E-state index contributed by atoms with van der Waals surface area (Å²) in [5.41, 5.74) is 0.726. The molecule has 2 fully saturated rings. The molecule has 0 aromatic heterocycles. The minimum absolute atomic E-state index is 0.0201. The highest BCUT2D eigenvalue weighted by Crippen LogP contribution is 2.42. The summed E-state index contributed by atoms with van der Waals surface area (Å²) in [6, 6.07) is 10.2. The van der Waals surface area contributed by atoms with Crippen molar-refractivity contribution < 1.29 is 9.59 Å². The highest BCUT2D eigenvalue weighted by Gasteiger charge is 2.45. The number of amides is 2. The highest BCUT2D eigenvalue weighted by atomic mass is 16.2. The Morgan fingerprint density at radius 3 is 2.40 bits per heavy atom. The van der Waals surface area contributed by atoms with Crippen LogP contribution in [0.2, 0.25) is 0 Å². The van der Waals surface area contributed by atoms with Crippen LogP contribution in [0.15, 0.2) is 30.3 Å². The fraction of sp³-hybridized carbons (Fsp3) is 0.600. The normalized spacial score (nSPS) is 23.9. The van der Waals surface area contributed by atoms with Crippen LogP contribution in [0.1, 0.15) is 31.2 Å². The molecule has 2 amide bonds. The third-order valence-corrected chi connectivity index (χ3v) is 5.82. The van der Waals surface area contributed by atoms with Crippen molar-refractivity contribution >= 4 is 11.8 Å². The molecule has 1 N–H and O–H groups in total. The quantitative estimate of drug-likeness (QED) is 0.908. The van der Waals surface area contributed by atoms with E-state index in [0.717, 1.165) is 37.8 Å². The van der Waals surface area contributed by atoms with Gasteiger partial charge in [-0.05, 0) is 25.5 Å². The Balaban J connectivity index is 1.87. The van der Waals surface area contributed by atoms with Crippen molar-refractivity contribution in [3.05, 3.63) is 35.9 Å². The van der Waals surface area contributed by atoms with E-state index in [1.54, 1.807) is 7.05 Å². The molecule has 1 saturated carbocycles. The third kappa shape index (κ3) is 3.56. The fourth-order valence-electron chi connectivity index (χ4n) is 4.39. The predicted molar refractivity (Wildman–Crippen MR) is 98.2 cm³/mol. The van der Waals surface area contributed by atoms with Crippen LogP contribution in [0, 0.1) is 5.92 Å². The average Bonchev–Trinajstić information content (AvgIpc) is 3.06. The standard InChI is InChI=1S/C20H29N3O2/c1-21-18(24)16-14-22(2)12-13-23(15-16)19(25)20(10-6-7-11-20)17-8-4-3-5-9-17/h3-5,8-9,16H,6-7,10-15H2,1-2H3,(H,21,24)/t16-/m1/s1. The molecule has 136 valence electrons. The topological polar surface area (TPSA) is 52.7 Å². The summed E-state index contributed by atoms with van der Waals surface area (Å²) >= 11 is 0. The second-order valence-electron chi connectivity index (χ2n) is 7.48. The molecule has 2 aliphatic rings. The minimum Gasteiger partial charge on any atom is -0.359 e. The van der Waals surface area contributed by atoms with Crippen LogP contribution in [0.5, 0.6) is 0 Å². The summed E-state index contributed by atoms with van der Waals surface area (Å²) in [5, 5.41) is 2.75. The molecule has 0 bridgehead atoms. The first kappa shape index (κ1) is 17.9. The molecule has 3 rings (SSSR count). The van der Waals surface area contributed by atoms with Crippen LogP contribution < -0.4 is 5.32 Å². The molecule has 0 spiro atoms. The monoisotopic (exact) mass is 343 g/mol. The summed E-state index contributed by atoms with van der Waals surface area (Å²) in [4.78, 5) is 29.9. The van der Waals surface area contributed by atoms with Crippen molar-refractivity contribution in [2.45, 2.75) is 31.1 Å². The van der Waals surface area contributed by atoms with Gasteiger partial charge in [-0.25, -0.2) is 0 Å². The number of nitrogens with one attached hydrogen (secondary N) is 1. The van der Waals surface area contributed by atoms with E-state index >= 15 is 0 Å². The first-order valence-electron chi connectivity index (χ1n) is 9.32. The molecule has 1 aliphatic heterocycles. The summed E-state index contributed by atoms with van der Waals surface area (Å²) in [6.45, 7) is 2.71. The molecule has 1 heterocycles. The lowest BCUT2D eigenvalue weighted by molar-refractivity contribution is -0.138. The van der Waals surface area contributed by atoms with Gasteiger partial charge in [-0.15, -0.1) is 0 Å². The average molecular weight is 343 g/mol. The van der Waals surface area contributed by atoms with E-state index in [0.29, 0.717) is 19.6 Å². The van der Waals surface area contributed by atoms with E-state index in [9.17, 15) is 9.59 Å². The Kier molecular flexibility index (Phi) is 5.42. The summed E-state index contributed by atoms with van der Waals surface area (Å²) in [6.07, 6.45) is 4.00. The second kappa shape index (κ2) is 7.56. The Bertz CT molecular complexity index is 611. The zero-order valence-electron chi connectivity index (χ0n) is 15.3. The largest absolute Gasteiger partial charge is 0.359 e. The van der Waals surface area contributed by atoms with Gasteiger partial charge in [0.25, 0.3) is 0 Å². The minimum atomic E-state index is -0.405. The smallest absolute Gasteiger partial charge is 0.233 e. The molecule has 1 aliphatic carbocycles. The highest BCUT2D eigenvalue weighted by molar-refractivity contribution is 5.89. The molecule has 1 saturated heterocycles. The first-order valence-corrected chi connectivity index (χ1v) is 9.32. The van der Waals surface area contributed by atoms with Crippen molar-refractivity contribution in [3.63, 3.8) is 0 Å². The van der Waals surface area contributed by atoms with Gasteiger partial charge in [0.1, 0.15) is 0 Å². The number of likely N-dealkylation sites (N-methyl/N-ethyl adjacent to an activating group) is 1. The number of carbonyl (C=O) groups is 2. The van der Waals surface area contributed by atoms with Crippen molar-refractivity contribution in [3.8, 4) is 0 Å². The predicted octanol–water partition coefficient (Wildman–Crippen LogP) is 1.63. The number of carbonyl (C=O) groups excluding carboxylic acids is 2. The maximum Gasteiger partial charge on any atom is 0.233 e. The Morgan fingerprint density at radius 2 is 1.76 bits per heavy atom. The fourth-order valence-corrected chi connectivity index (χ4v) is 4.39. The van der Waals surface area contributed by atoms with Crippen LogP contribution >= 0.6 is 0 Å². The van der Waals surface area contributed by atoms with E-state index in [2.05, 4.69) is 22.3 Å². The summed E-state index contributed by atoms with van der Waals surface area (Å²) in [7, 11) is 3.69. The van der Waals surface area contributed by atoms with Crippen LogP contribution in [-0.4, -0.2) is 61.9 Å². The number of nitrogens with zero attached hydrogens (tertiary/aromatic N) is 2. The molecule has 1 atom stereocenters. The van der Waals surface area contributed by atoms with Gasteiger partial charge in [0.05, 0.1) is 11.3 Å². The Morgan fingerprint density at radius 1 is 1.08 bits per heavy atom. The van der Waals surface area contributed by atoms with Gasteiger partial charge in [0, 0.05) is 33.2 Å². The van der Waals surface area contributed by atoms with Crippen LogP contribution in [0.3, 0.4) is 0 Å². The lowest BCUT2D eigenvalue weighted by Crippen LogP contribution is -2.49. The van der Waals surface area contributed by atoms with E-state index < -0.39 is 5.41 Å². The van der Waals surface area contributed by atoms with Gasteiger partial charge in [0.2, 0.25) is 11.8 Å². The number of benzene rings is 1. The van der Waals surface area contributed by atoms with Gasteiger partial charge >= 0.3 is 0 Å². The third-order valence-electron chi connectivity index (χ3n) is 5.82. The molecule has 5 heteroatoms. The zero-order valence-corrected chi connectivity index (χ0v) is 15.3. The first-order chi connectivity index (χ1) is 12.1. The van der Waals surface area contributed by atoms with Gasteiger partial charge in [-0.2, -0.15) is 0 Å². The van der Waals surface area contributed by atoms with Gasteiger partial charge in [0.15, 0.2) is 0 Å². The van der Waals surface area contributed by atoms with Crippen LogP contribution in [-0.2, 0) is 15.0 Å².